The monoisotopic (exact) mass is 354 g/mol. The molecule has 128 valence electrons. The van der Waals surface area contributed by atoms with Crippen molar-refractivity contribution in [3.05, 3.63) is 29.8 Å². The molecule has 0 radical (unpaired) electrons. The fraction of sp³-hybridized carbons (Fsp3) is 0.588. The molecule has 0 unspecified atom stereocenters. The van der Waals surface area contributed by atoms with Crippen molar-refractivity contribution in [1.82, 2.24) is 10.6 Å². The van der Waals surface area contributed by atoms with Crippen LogP contribution in [0.4, 0.5) is 0 Å². The molecule has 0 aliphatic carbocycles. The summed E-state index contributed by atoms with van der Waals surface area (Å²) in [6.45, 7) is 9.23. The minimum absolute atomic E-state index is 0.770. The Hall–Kier alpha value is -0.820. The van der Waals surface area contributed by atoms with E-state index in [0.717, 1.165) is 56.7 Å². The number of morpholine rings is 1. The summed E-state index contributed by atoms with van der Waals surface area (Å²) in [7, 11) is 0. The lowest BCUT2D eigenvalue weighted by atomic mass is 10.2. The number of ether oxygens (including phenoxy) is 1. The number of quaternary nitrogens is 1. The van der Waals surface area contributed by atoms with E-state index in [2.05, 4.69) is 41.8 Å². The van der Waals surface area contributed by atoms with Gasteiger partial charge in [-0.15, -0.1) is 11.8 Å². The van der Waals surface area contributed by atoms with Gasteiger partial charge in [-0.3, -0.25) is 0 Å². The van der Waals surface area contributed by atoms with Gasteiger partial charge in [0.05, 0.1) is 19.8 Å². The summed E-state index contributed by atoms with van der Waals surface area (Å²) in [5.41, 5.74) is 1.30. The van der Waals surface area contributed by atoms with Crippen LogP contribution in [0.15, 0.2) is 29.2 Å². The molecule has 1 saturated heterocycles. The molecule has 4 nitrogen and oxygen atoms in total. The summed E-state index contributed by atoms with van der Waals surface area (Å²) in [5.74, 6) is 1.02. The Balaban J connectivity index is 1.46. The van der Waals surface area contributed by atoms with Crippen molar-refractivity contribution in [2.24, 2.45) is 0 Å². The number of hydrogen-bond acceptors (Lipinski definition) is 3. The zero-order valence-corrected chi connectivity index (χ0v) is 15.5. The summed E-state index contributed by atoms with van der Waals surface area (Å²) < 4.78 is 5.37. The van der Waals surface area contributed by atoms with Crippen LogP contribution in [0, 0.1) is 6.92 Å². The highest BCUT2D eigenvalue weighted by Gasteiger charge is 2.12. The van der Waals surface area contributed by atoms with Crippen LogP contribution < -0.4 is 15.5 Å². The highest BCUT2D eigenvalue weighted by atomic mass is 32.2. The summed E-state index contributed by atoms with van der Waals surface area (Å²) >= 11 is 7.17. The Morgan fingerprint density at radius 2 is 1.87 bits per heavy atom. The molecule has 3 N–H and O–H groups in total. The molecular formula is C17H28N3OS2+. The first-order valence-corrected chi connectivity index (χ1v) is 9.76. The van der Waals surface area contributed by atoms with Crippen LogP contribution >= 0.6 is 24.0 Å². The largest absolute Gasteiger partial charge is 0.370 e. The van der Waals surface area contributed by atoms with Crippen molar-refractivity contribution >= 4 is 29.1 Å². The van der Waals surface area contributed by atoms with Crippen molar-refractivity contribution in [2.45, 2.75) is 18.2 Å². The van der Waals surface area contributed by atoms with Gasteiger partial charge in [0.1, 0.15) is 13.1 Å². The van der Waals surface area contributed by atoms with Crippen molar-refractivity contribution in [3.63, 3.8) is 0 Å². The molecule has 0 bridgehead atoms. The molecule has 0 amide bonds. The third-order valence-electron chi connectivity index (χ3n) is 3.87. The average Bonchev–Trinajstić information content (AvgIpc) is 2.58. The molecule has 1 fully saturated rings. The van der Waals surface area contributed by atoms with Gasteiger partial charge in [-0.05, 0) is 31.3 Å². The molecular weight excluding hydrogens is 326 g/mol. The maximum absolute atomic E-state index is 5.37. The number of hydrogen-bond donors (Lipinski definition) is 3. The van der Waals surface area contributed by atoms with E-state index in [1.165, 1.54) is 17.0 Å². The van der Waals surface area contributed by atoms with E-state index in [1.807, 2.05) is 11.8 Å². The first-order valence-electron chi connectivity index (χ1n) is 8.36. The Labute approximate surface area is 149 Å². The lowest BCUT2D eigenvalue weighted by Gasteiger charge is -2.23. The second-order valence-electron chi connectivity index (χ2n) is 5.81. The predicted octanol–water partition coefficient (Wildman–Crippen LogP) is 0.856. The van der Waals surface area contributed by atoms with Crippen LogP contribution in [0.2, 0.25) is 0 Å². The number of rotatable bonds is 8. The quantitative estimate of drug-likeness (QED) is 0.367. The smallest absolute Gasteiger partial charge is 0.166 e. The van der Waals surface area contributed by atoms with Gasteiger partial charge >= 0.3 is 0 Å². The van der Waals surface area contributed by atoms with Gasteiger partial charge < -0.3 is 20.3 Å². The van der Waals surface area contributed by atoms with Crippen LogP contribution in [0.3, 0.4) is 0 Å². The third-order valence-corrected chi connectivity index (χ3v) is 5.17. The predicted molar refractivity (Wildman–Crippen MR) is 102 cm³/mol. The van der Waals surface area contributed by atoms with Crippen molar-refractivity contribution in [3.8, 4) is 0 Å². The molecule has 0 spiro atoms. The topological polar surface area (TPSA) is 37.7 Å². The maximum atomic E-state index is 5.37. The van der Waals surface area contributed by atoms with Gasteiger partial charge in [0.2, 0.25) is 0 Å². The van der Waals surface area contributed by atoms with Gasteiger partial charge in [-0.1, -0.05) is 17.7 Å². The standard InChI is InChI=1S/C17H27N3OS2/c1-15-3-5-16(6-4-15)23-14-8-19-17(22)18-7-2-9-20-10-12-21-13-11-20/h3-6H,2,7-14H2,1H3,(H2,18,19,22)/p+1. The molecule has 1 aromatic rings. The molecule has 1 aliphatic rings. The van der Waals surface area contributed by atoms with E-state index in [0.29, 0.717) is 0 Å². The number of benzene rings is 1. The third kappa shape index (κ3) is 8.01. The molecule has 0 saturated carbocycles. The second-order valence-corrected chi connectivity index (χ2v) is 7.39. The molecule has 0 aromatic heterocycles. The van der Waals surface area contributed by atoms with E-state index < -0.39 is 0 Å². The molecule has 0 atom stereocenters. The number of thioether (sulfide) groups is 1. The van der Waals surface area contributed by atoms with Gasteiger partial charge in [-0.25, -0.2) is 0 Å². The van der Waals surface area contributed by atoms with Gasteiger partial charge in [0.25, 0.3) is 0 Å². The number of aryl methyl sites for hydroxylation is 1. The summed E-state index contributed by atoms with van der Waals surface area (Å²) in [6, 6.07) is 8.64. The van der Waals surface area contributed by atoms with Gasteiger partial charge in [0.15, 0.2) is 5.11 Å². The Kier molecular flexibility index (Phi) is 8.74. The van der Waals surface area contributed by atoms with Crippen molar-refractivity contribution in [1.29, 1.82) is 0 Å². The lowest BCUT2D eigenvalue weighted by molar-refractivity contribution is -0.908. The van der Waals surface area contributed by atoms with Crippen molar-refractivity contribution in [2.75, 3.05) is 51.7 Å². The minimum Gasteiger partial charge on any atom is -0.370 e. The molecule has 1 aromatic carbocycles. The fourth-order valence-corrected chi connectivity index (χ4v) is 3.45. The Morgan fingerprint density at radius 3 is 2.61 bits per heavy atom. The Bertz CT molecular complexity index is 461. The second kappa shape index (κ2) is 10.9. The molecule has 23 heavy (non-hydrogen) atoms. The average molecular weight is 355 g/mol. The molecule has 1 heterocycles. The SMILES string of the molecule is Cc1ccc(SCCNC(=S)NCCC[NH+]2CCOCC2)cc1. The normalized spacial score (nSPS) is 15.3. The van der Waals surface area contributed by atoms with Gasteiger partial charge in [0, 0.05) is 30.2 Å². The molecule has 2 rings (SSSR count). The fourth-order valence-electron chi connectivity index (χ4n) is 2.48. The zero-order chi connectivity index (χ0) is 16.3. The van der Waals surface area contributed by atoms with Crippen LogP contribution in [0.5, 0.6) is 0 Å². The highest BCUT2D eigenvalue weighted by Crippen LogP contribution is 2.17. The van der Waals surface area contributed by atoms with Crippen LogP contribution in [-0.2, 0) is 4.74 Å². The molecule has 1 aliphatic heterocycles. The summed E-state index contributed by atoms with van der Waals surface area (Å²) in [6.07, 6.45) is 1.15. The highest BCUT2D eigenvalue weighted by molar-refractivity contribution is 7.99. The van der Waals surface area contributed by atoms with Crippen LogP contribution in [-0.4, -0.2) is 56.8 Å². The van der Waals surface area contributed by atoms with Crippen LogP contribution in [0.1, 0.15) is 12.0 Å². The maximum Gasteiger partial charge on any atom is 0.166 e. The molecule has 6 heteroatoms. The lowest BCUT2D eigenvalue weighted by Crippen LogP contribution is -3.14. The van der Waals surface area contributed by atoms with Gasteiger partial charge in [-0.2, -0.15) is 0 Å². The number of nitrogens with one attached hydrogen (secondary N) is 3. The first kappa shape index (κ1) is 18.5. The van der Waals surface area contributed by atoms with E-state index in [9.17, 15) is 0 Å². The van der Waals surface area contributed by atoms with Crippen molar-refractivity contribution < 1.29 is 9.64 Å². The van der Waals surface area contributed by atoms with E-state index in [1.54, 1.807) is 4.90 Å². The summed E-state index contributed by atoms with van der Waals surface area (Å²) in [4.78, 5) is 2.95. The zero-order valence-electron chi connectivity index (χ0n) is 13.9. The van der Waals surface area contributed by atoms with E-state index >= 15 is 0 Å². The summed E-state index contributed by atoms with van der Waals surface area (Å²) in [5, 5.41) is 7.34. The van der Waals surface area contributed by atoms with E-state index in [-0.39, 0.29) is 0 Å². The minimum atomic E-state index is 0.770. The number of thiocarbonyl (C=S) groups is 1. The van der Waals surface area contributed by atoms with Crippen LogP contribution in [0.25, 0.3) is 0 Å². The van der Waals surface area contributed by atoms with E-state index in [4.69, 9.17) is 17.0 Å². The first-order chi connectivity index (χ1) is 11.2. The Morgan fingerprint density at radius 1 is 1.17 bits per heavy atom.